The SMILES string of the molecule is CCOc1ccccc1C(C)N(CC(=O)O)C(C)C. The first-order valence-corrected chi connectivity index (χ1v) is 6.66. The Morgan fingerprint density at radius 2 is 1.95 bits per heavy atom. The molecule has 1 rings (SSSR count). The number of nitrogens with zero attached hydrogens (tertiary/aromatic N) is 1. The highest BCUT2D eigenvalue weighted by Gasteiger charge is 2.23. The number of carboxylic acids is 1. The highest BCUT2D eigenvalue weighted by atomic mass is 16.5. The fourth-order valence-electron chi connectivity index (χ4n) is 2.21. The Labute approximate surface area is 115 Å². The average Bonchev–Trinajstić information content (AvgIpc) is 2.36. The maximum atomic E-state index is 11.0. The first-order chi connectivity index (χ1) is 8.97. The molecule has 0 aliphatic carbocycles. The van der Waals surface area contributed by atoms with E-state index in [4.69, 9.17) is 9.84 Å². The maximum Gasteiger partial charge on any atom is 0.317 e. The Balaban J connectivity index is 3.01. The van der Waals surface area contributed by atoms with E-state index in [9.17, 15) is 4.79 Å². The molecule has 0 amide bonds. The zero-order valence-electron chi connectivity index (χ0n) is 12.1. The molecule has 0 aromatic heterocycles. The lowest BCUT2D eigenvalue weighted by atomic mass is 10.0. The van der Waals surface area contributed by atoms with Gasteiger partial charge in [0.25, 0.3) is 0 Å². The van der Waals surface area contributed by atoms with Gasteiger partial charge in [-0.15, -0.1) is 0 Å². The van der Waals surface area contributed by atoms with Crippen molar-refractivity contribution in [2.75, 3.05) is 13.2 Å². The Morgan fingerprint density at radius 1 is 1.32 bits per heavy atom. The molecule has 4 nitrogen and oxygen atoms in total. The normalized spacial score (nSPS) is 12.7. The molecule has 0 radical (unpaired) electrons. The van der Waals surface area contributed by atoms with E-state index in [0.717, 1.165) is 11.3 Å². The number of hydrogen-bond acceptors (Lipinski definition) is 3. The van der Waals surface area contributed by atoms with Crippen molar-refractivity contribution in [3.63, 3.8) is 0 Å². The van der Waals surface area contributed by atoms with E-state index >= 15 is 0 Å². The van der Waals surface area contributed by atoms with Gasteiger partial charge < -0.3 is 9.84 Å². The van der Waals surface area contributed by atoms with Crippen molar-refractivity contribution in [1.82, 2.24) is 4.90 Å². The van der Waals surface area contributed by atoms with Crippen molar-refractivity contribution >= 4 is 5.97 Å². The third-order valence-electron chi connectivity index (χ3n) is 3.15. The summed E-state index contributed by atoms with van der Waals surface area (Å²) >= 11 is 0. The summed E-state index contributed by atoms with van der Waals surface area (Å²) < 4.78 is 5.62. The standard InChI is InChI=1S/C15H23NO3/c1-5-19-14-9-7-6-8-13(14)12(4)16(11(2)3)10-15(17)18/h6-9,11-12H,5,10H2,1-4H3,(H,17,18). The Hall–Kier alpha value is -1.55. The predicted molar refractivity (Wildman–Crippen MR) is 75.5 cm³/mol. The van der Waals surface area contributed by atoms with Gasteiger partial charge in [0.15, 0.2) is 0 Å². The molecule has 1 unspecified atom stereocenters. The van der Waals surface area contributed by atoms with Crippen LogP contribution >= 0.6 is 0 Å². The lowest BCUT2D eigenvalue weighted by molar-refractivity contribution is -0.139. The monoisotopic (exact) mass is 265 g/mol. The van der Waals surface area contributed by atoms with Crippen molar-refractivity contribution < 1.29 is 14.6 Å². The number of aliphatic carboxylic acids is 1. The van der Waals surface area contributed by atoms with Gasteiger partial charge >= 0.3 is 5.97 Å². The van der Waals surface area contributed by atoms with Crippen molar-refractivity contribution in [2.45, 2.75) is 39.8 Å². The molecule has 4 heteroatoms. The van der Waals surface area contributed by atoms with Crippen molar-refractivity contribution in [2.24, 2.45) is 0 Å². The minimum Gasteiger partial charge on any atom is -0.494 e. The van der Waals surface area contributed by atoms with Crippen LogP contribution in [0.2, 0.25) is 0 Å². The van der Waals surface area contributed by atoms with Gasteiger partial charge in [0.1, 0.15) is 5.75 Å². The molecule has 1 atom stereocenters. The van der Waals surface area contributed by atoms with Gasteiger partial charge in [-0.3, -0.25) is 9.69 Å². The van der Waals surface area contributed by atoms with Crippen LogP contribution in [0.25, 0.3) is 0 Å². The van der Waals surface area contributed by atoms with Gasteiger partial charge in [-0.1, -0.05) is 18.2 Å². The summed E-state index contributed by atoms with van der Waals surface area (Å²) in [6.07, 6.45) is 0. The van der Waals surface area contributed by atoms with E-state index in [-0.39, 0.29) is 18.6 Å². The lowest BCUT2D eigenvalue weighted by Gasteiger charge is -2.32. The zero-order chi connectivity index (χ0) is 14.4. The summed E-state index contributed by atoms with van der Waals surface area (Å²) in [4.78, 5) is 12.9. The highest BCUT2D eigenvalue weighted by Crippen LogP contribution is 2.30. The number of carbonyl (C=O) groups is 1. The molecule has 0 spiro atoms. The van der Waals surface area contributed by atoms with Crippen LogP contribution in [-0.2, 0) is 4.79 Å². The average molecular weight is 265 g/mol. The van der Waals surface area contributed by atoms with Gasteiger partial charge in [-0.05, 0) is 33.8 Å². The second-order valence-electron chi connectivity index (χ2n) is 4.81. The third kappa shape index (κ3) is 4.24. The van der Waals surface area contributed by atoms with Gasteiger partial charge in [0, 0.05) is 17.6 Å². The smallest absolute Gasteiger partial charge is 0.317 e. The van der Waals surface area contributed by atoms with E-state index in [0.29, 0.717) is 6.61 Å². The van der Waals surface area contributed by atoms with E-state index in [1.54, 1.807) is 0 Å². The van der Waals surface area contributed by atoms with Crippen molar-refractivity contribution in [3.8, 4) is 5.75 Å². The number of benzene rings is 1. The van der Waals surface area contributed by atoms with E-state index < -0.39 is 5.97 Å². The van der Waals surface area contributed by atoms with Crippen LogP contribution < -0.4 is 4.74 Å². The number of rotatable bonds is 7. The van der Waals surface area contributed by atoms with E-state index in [1.165, 1.54) is 0 Å². The van der Waals surface area contributed by atoms with Gasteiger partial charge in [-0.25, -0.2) is 0 Å². The van der Waals surface area contributed by atoms with Crippen LogP contribution in [0.1, 0.15) is 39.3 Å². The summed E-state index contributed by atoms with van der Waals surface area (Å²) in [6, 6.07) is 7.95. The summed E-state index contributed by atoms with van der Waals surface area (Å²) in [5.41, 5.74) is 1.03. The topological polar surface area (TPSA) is 49.8 Å². The van der Waals surface area contributed by atoms with Gasteiger partial charge in [0.2, 0.25) is 0 Å². The fourth-order valence-corrected chi connectivity index (χ4v) is 2.21. The number of para-hydroxylation sites is 1. The fraction of sp³-hybridized carbons (Fsp3) is 0.533. The molecule has 0 aliphatic heterocycles. The Bertz CT molecular complexity index is 418. The van der Waals surface area contributed by atoms with Crippen molar-refractivity contribution in [1.29, 1.82) is 0 Å². The molecule has 1 N–H and O–H groups in total. The minimum atomic E-state index is -0.811. The lowest BCUT2D eigenvalue weighted by Crippen LogP contribution is -2.37. The number of ether oxygens (including phenoxy) is 1. The van der Waals surface area contributed by atoms with Gasteiger partial charge in [-0.2, -0.15) is 0 Å². The number of hydrogen-bond donors (Lipinski definition) is 1. The molecule has 0 fully saturated rings. The van der Waals surface area contributed by atoms with Crippen LogP contribution in [0.4, 0.5) is 0 Å². The summed E-state index contributed by atoms with van der Waals surface area (Å²) in [6.45, 7) is 8.59. The molecule has 19 heavy (non-hydrogen) atoms. The second kappa shape index (κ2) is 7.14. The summed E-state index contributed by atoms with van der Waals surface area (Å²) in [5, 5.41) is 9.03. The molecule has 0 heterocycles. The van der Waals surface area contributed by atoms with E-state index in [2.05, 4.69) is 0 Å². The molecular formula is C15H23NO3. The van der Waals surface area contributed by atoms with Crippen LogP contribution in [0.3, 0.4) is 0 Å². The molecule has 0 aliphatic rings. The second-order valence-corrected chi connectivity index (χ2v) is 4.81. The zero-order valence-corrected chi connectivity index (χ0v) is 12.1. The minimum absolute atomic E-state index is 0.00106. The van der Waals surface area contributed by atoms with Crippen LogP contribution in [0.5, 0.6) is 5.75 Å². The van der Waals surface area contributed by atoms with Crippen LogP contribution in [0, 0.1) is 0 Å². The van der Waals surface area contributed by atoms with Crippen LogP contribution in [0.15, 0.2) is 24.3 Å². The molecule has 106 valence electrons. The third-order valence-corrected chi connectivity index (χ3v) is 3.15. The van der Waals surface area contributed by atoms with Crippen LogP contribution in [-0.4, -0.2) is 35.2 Å². The Kier molecular flexibility index (Phi) is 5.83. The molecule has 0 bridgehead atoms. The maximum absolute atomic E-state index is 11.0. The molecule has 0 saturated heterocycles. The summed E-state index contributed by atoms with van der Waals surface area (Å²) in [5.74, 6) is 0.0166. The molecule has 1 aromatic rings. The highest BCUT2D eigenvalue weighted by molar-refractivity contribution is 5.69. The summed E-state index contributed by atoms with van der Waals surface area (Å²) in [7, 11) is 0. The van der Waals surface area contributed by atoms with E-state index in [1.807, 2.05) is 56.9 Å². The quantitative estimate of drug-likeness (QED) is 0.823. The molecule has 1 aromatic carbocycles. The molecular weight excluding hydrogens is 242 g/mol. The van der Waals surface area contributed by atoms with Gasteiger partial charge in [0.05, 0.1) is 13.2 Å². The largest absolute Gasteiger partial charge is 0.494 e. The predicted octanol–water partition coefficient (Wildman–Crippen LogP) is 2.94. The molecule has 0 saturated carbocycles. The van der Waals surface area contributed by atoms with Crippen molar-refractivity contribution in [3.05, 3.63) is 29.8 Å². The number of carboxylic acid groups (broad SMARTS) is 1. The first-order valence-electron chi connectivity index (χ1n) is 6.66. The first kappa shape index (κ1) is 15.5. The Morgan fingerprint density at radius 3 is 2.47 bits per heavy atom.